The molecule has 0 aromatic heterocycles. The van der Waals surface area contributed by atoms with Crippen LogP contribution in [0.4, 0.5) is 0 Å². The Hall–Kier alpha value is -0.570. The fourth-order valence-corrected chi connectivity index (χ4v) is 1.74. The van der Waals surface area contributed by atoms with Gasteiger partial charge in [-0.25, -0.2) is 0 Å². The van der Waals surface area contributed by atoms with Crippen LogP contribution in [-0.4, -0.2) is 24.5 Å². The molecular formula is C12H24N2O. The molecule has 3 nitrogen and oxygen atoms in total. The Morgan fingerprint density at radius 3 is 2.53 bits per heavy atom. The van der Waals surface area contributed by atoms with E-state index in [4.69, 9.17) is 0 Å². The summed E-state index contributed by atoms with van der Waals surface area (Å²) < 4.78 is 0. The Kier molecular flexibility index (Phi) is 4.58. The van der Waals surface area contributed by atoms with Crippen LogP contribution in [0.2, 0.25) is 0 Å². The van der Waals surface area contributed by atoms with Crippen molar-refractivity contribution in [3.8, 4) is 0 Å². The standard InChI is InChI=1S/C12H24N2O/c1-10(2)5-8-13-11(15)9-14-12(3)6-4-7-12/h10,14H,4-9H2,1-3H3,(H,13,15). The maximum absolute atomic E-state index is 11.4. The molecule has 0 unspecified atom stereocenters. The first-order chi connectivity index (χ1) is 7.02. The van der Waals surface area contributed by atoms with Crippen LogP contribution in [0.25, 0.3) is 0 Å². The minimum atomic E-state index is 0.128. The third kappa shape index (κ3) is 4.65. The van der Waals surface area contributed by atoms with Gasteiger partial charge in [0.1, 0.15) is 0 Å². The van der Waals surface area contributed by atoms with E-state index in [2.05, 4.69) is 31.4 Å². The third-order valence-electron chi connectivity index (χ3n) is 3.18. The highest BCUT2D eigenvalue weighted by atomic mass is 16.1. The maximum atomic E-state index is 11.4. The Balaban J connectivity index is 2.03. The van der Waals surface area contributed by atoms with Gasteiger partial charge in [0.05, 0.1) is 6.54 Å². The second-order valence-electron chi connectivity index (χ2n) is 5.30. The van der Waals surface area contributed by atoms with Crippen molar-refractivity contribution >= 4 is 5.91 Å². The highest BCUT2D eigenvalue weighted by molar-refractivity contribution is 5.78. The monoisotopic (exact) mass is 212 g/mol. The van der Waals surface area contributed by atoms with Gasteiger partial charge in [0.2, 0.25) is 5.91 Å². The number of amides is 1. The fourth-order valence-electron chi connectivity index (χ4n) is 1.74. The Morgan fingerprint density at radius 1 is 1.40 bits per heavy atom. The van der Waals surface area contributed by atoms with Crippen LogP contribution in [0, 0.1) is 5.92 Å². The van der Waals surface area contributed by atoms with Gasteiger partial charge in [0, 0.05) is 12.1 Å². The molecule has 0 bridgehead atoms. The molecule has 0 heterocycles. The van der Waals surface area contributed by atoms with Crippen LogP contribution in [0.5, 0.6) is 0 Å². The first kappa shape index (κ1) is 12.5. The molecule has 15 heavy (non-hydrogen) atoms. The Morgan fingerprint density at radius 2 is 2.07 bits per heavy atom. The lowest BCUT2D eigenvalue weighted by atomic mass is 9.78. The van der Waals surface area contributed by atoms with Crippen molar-refractivity contribution in [3.63, 3.8) is 0 Å². The lowest BCUT2D eigenvalue weighted by Crippen LogP contribution is -2.51. The zero-order chi connectivity index (χ0) is 11.3. The molecule has 1 aliphatic carbocycles. The van der Waals surface area contributed by atoms with E-state index in [1.807, 2.05) is 0 Å². The van der Waals surface area contributed by atoms with Crippen LogP contribution < -0.4 is 10.6 Å². The molecule has 3 heteroatoms. The van der Waals surface area contributed by atoms with Crippen molar-refractivity contribution in [2.75, 3.05) is 13.1 Å². The van der Waals surface area contributed by atoms with E-state index >= 15 is 0 Å². The molecule has 88 valence electrons. The molecule has 0 saturated heterocycles. The molecular weight excluding hydrogens is 188 g/mol. The number of hydrogen-bond donors (Lipinski definition) is 2. The van der Waals surface area contributed by atoms with E-state index in [1.165, 1.54) is 19.3 Å². The van der Waals surface area contributed by atoms with Gasteiger partial charge in [-0.3, -0.25) is 4.79 Å². The summed E-state index contributed by atoms with van der Waals surface area (Å²) in [5.74, 6) is 0.784. The minimum absolute atomic E-state index is 0.128. The Labute approximate surface area is 93.0 Å². The van der Waals surface area contributed by atoms with Crippen LogP contribution >= 0.6 is 0 Å². The number of hydrogen-bond acceptors (Lipinski definition) is 2. The van der Waals surface area contributed by atoms with Gasteiger partial charge in [-0.15, -0.1) is 0 Å². The zero-order valence-electron chi connectivity index (χ0n) is 10.2. The van der Waals surface area contributed by atoms with E-state index in [0.717, 1.165) is 13.0 Å². The second kappa shape index (κ2) is 5.50. The van der Waals surface area contributed by atoms with Gasteiger partial charge < -0.3 is 10.6 Å². The van der Waals surface area contributed by atoms with Gasteiger partial charge in [-0.2, -0.15) is 0 Å². The van der Waals surface area contributed by atoms with Crippen molar-refractivity contribution in [3.05, 3.63) is 0 Å². The highest BCUT2D eigenvalue weighted by Gasteiger charge is 2.31. The van der Waals surface area contributed by atoms with Crippen LogP contribution in [0.15, 0.2) is 0 Å². The molecule has 0 aromatic carbocycles. The first-order valence-electron chi connectivity index (χ1n) is 6.03. The summed E-state index contributed by atoms with van der Waals surface area (Å²) in [6, 6.07) is 0. The SMILES string of the molecule is CC(C)CCNC(=O)CNC1(C)CCC1. The zero-order valence-corrected chi connectivity index (χ0v) is 10.2. The molecule has 0 aliphatic heterocycles. The summed E-state index contributed by atoms with van der Waals surface area (Å²) >= 11 is 0. The van der Waals surface area contributed by atoms with E-state index in [-0.39, 0.29) is 11.4 Å². The van der Waals surface area contributed by atoms with E-state index in [1.54, 1.807) is 0 Å². The topological polar surface area (TPSA) is 41.1 Å². The maximum Gasteiger partial charge on any atom is 0.233 e. The minimum Gasteiger partial charge on any atom is -0.355 e. The van der Waals surface area contributed by atoms with Crippen molar-refractivity contribution in [1.29, 1.82) is 0 Å². The van der Waals surface area contributed by atoms with Crippen molar-refractivity contribution in [2.24, 2.45) is 5.92 Å². The quantitative estimate of drug-likeness (QED) is 0.703. The Bertz CT molecular complexity index is 210. The second-order valence-corrected chi connectivity index (χ2v) is 5.30. The predicted molar refractivity (Wildman–Crippen MR) is 62.7 cm³/mol. The molecule has 0 atom stereocenters. The number of carbonyl (C=O) groups is 1. The van der Waals surface area contributed by atoms with Crippen LogP contribution in [0.1, 0.15) is 46.5 Å². The largest absolute Gasteiger partial charge is 0.355 e. The van der Waals surface area contributed by atoms with E-state index in [0.29, 0.717) is 12.5 Å². The summed E-state index contributed by atoms with van der Waals surface area (Å²) in [7, 11) is 0. The fraction of sp³-hybridized carbons (Fsp3) is 0.917. The predicted octanol–water partition coefficient (Wildman–Crippen LogP) is 1.68. The summed E-state index contributed by atoms with van der Waals surface area (Å²) in [6.45, 7) is 7.79. The van der Waals surface area contributed by atoms with Gasteiger partial charge in [0.25, 0.3) is 0 Å². The molecule has 0 spiro atoms. The van der Waals surface area contributed by atoms with Crippen molar-refractivity contribution in [2.45, 2.75) is 52.0 Å². The summed E-state index contributed by atoms with van der Waals surface area (Å²) in [6.07, 6.45) is 4.75. The molecule has 1 aliphatic rings. The molecule has 1 fully saturated rings. The molecule has 1 saturated carbocycles. The molecule has 0 radical (unpaired) electrons. The van der Waals surface area contributed by atoms with Gasteiger partial charge in [-0.05, 0) is 38.5 Å². The third-order valence-corrected chi connectivity index (χ3v) is 3.18. The smallest absolute Gasteiger partial charge is 0.233 e. The molecule has 2 N–H and O–H groups in total. The summed E-state index contributed by atoms with van der Waals surface area (Å²) in [4.78, 5) is 11.4. The van der Waals surface area contributed by atoms with Gasteiger partial charge >= 0.3 is 0 Å². The summed E-state index contributed by atoms with van der Waals surface area (Å²) in [5, 5.41) is 6.25. The molecule has 1 amide bonds. The van der Waals surface area contributed by atoms with Crippen LogP contribution in [-0.2, 0) is 4.79 Å². The highest BCUT2D eigenvalue weighted by Crippen LogP contribution is 2.30. The number of nitrogens with one attached hydrogen (secondary N) is 2. The molecule has 0 aromatic rings. The van der Waals surface area contributed by atoms with Crippen molar-refractivity contribution < 1.29 is 4.79 Å². The van der Waals surface area contributed by atoms with Crippen LogP contribution in [0.3, 0.4) is 0 Å². The number of carbonyl (C=O) groups excluding carboxylic acids is 1. The first-order valence-corrected chi connectivity index (χ1v) is 6.03. The van der Waals surface area contributed by atoms with E-state index in [9.17, 15) is 4.79 Å². The normalized spacial score (nSPS) is 18.7. The van der Waals surface area contributed by atoms with Crippen molar-refractivity contribution in [1.82, 2.24) is 10.6 Å². The van der Waals surface area contributed by atoms with Gasteiger partial charge in [0.15, 0.2) is 0 Å². The van der Waals surface area contributed by atoms with E-state index < -0.39 is 0 Å². The number of rotatable bonds is 6. The lowest BCUT2D eigenvalue weighted by molar-refractivity contribution is -0.120. The van der Waals surface area contributed by atoms with Gasteiger partial charge in [-0.1, -0.05) is 13.8 Å². The average molecular weight is 212 g/mol. The molecule has 1 rings (SSSR count). The lowest BCUT2D eigenvalue weighted by Gasteiger charge is -2.39. The average Bonchev–Trinajstić information content (AvgIpc) is 2.11. The summed E-state index contributed by atoms with van der Waals surface area (Å²) in [5.41, 5.74) is 0.232.